The van der Waals surface area contributed by atoms with Crippen LogP contribution >= 0.6 is 0 Å². The van der Waals surface area contributed by atoms with Crippen molar-refractivity contribution in [2.75, 3.05) is 14.1 Å². The van der Waals surface area contributed by atoms with Crippen molar-refractivity contribution < 1.29 is 14.5 Å². The Labute approximate surface area is 143 Å². The molecule has 0 saturated heterocycles. The molecular weight excluding hydrogens is 324 g/mol. The lowest BCUT2D eigenvalue weighted by Gasteiger charge is -2.08. The van der Waals surface area contributed by atoms with Crippen LogP contribution in [0.2, 0.25) is 0 Å². The number of likely N-dealkylation sites (N-methyl/N-ethyl adjacent to an activating group) is 1. The highest BCUT2D eigenvalue weighted by atomic mass is 16.6. The van der Waals surface area contributed by atoms with Crippen LogP contribution in [0.3, 0.4) is 0 Å². The van der Waals surface area contributed by atoms with Gasteiger partial charge in [0, 0.05) is 26.2 Å². The molecule has 8 heteroatoms. The smallest absolute Gasteiger partial charge is 0.287 e. The van der Waals surface area contributed by atoms with E-state index in [4.69, 9.17) is 10.00 Å². The number of amides is 1. The molecule has 8 nitrogen and oxygen atoms in total. The summed E-state index contributed by atoms with van der Waals surface area (Å²) in [5.74, 6) is 0.309. The zero-order valence-electron chi connectivity index (χ0n) is 13.5. The summed E-state index contributed by atoms with van der Waals surface area (Å²) in [6.07, 6.45) is 2.59. The zero-order chi connectivity index (χ0) is 18.4. The molecule has 1 heterocycles. The molecule has 126 valence electrons. The van der Waals surface area contributed by atoms with Crippen molar-refractivity contribution in [1.82, 2.24) is 9.88 Å². The highest BCUT2D eigenvalue weighted by Crippen LogP contribution is 2.22. The fourth-order valence-corrected chi connectivity index (χ4v) is 1.84. The number of aromatic nitrogens is 1. The molecule has 2 aromatic rings. The van der Waals surface area contributed by atoms with Gasteiger partial charge in [-0.2, -0.15) is 5.26 Å². The van der Waals surface area contributed by atoms with E-state index in [1.807, 2.05) is 6.07 Å². The average Bonchev–Trinajstić information content (AvgIpc) is 2.61. The first-order valence-corrected chi connectivity index (χ1v) is 7.12. The van der Waals surface area contributed by atoms with Crippen molar-refractivity contribution in [1.29, 1.82) is 5.26 Å². The molecule has 0 aliphatic rings. The van der Waals surface area contributed by atoms with Crippen molar-refractivity contribution in [3.05, 3.63) is 63.8 Å². The van der Waals surface area contributed by atoms with Crippen LogP contribution in [0.4, 0.5) is 5.69 Å². The Bertz CT molecular complexity index is 850. The van der Waals surface area contributed by atoms with Crippen LogP contribution in [0.1, 0.15) is 5.56 Å². The molecule has 0 radical (unpaired) electrons. The van der Waals surface area contributed by atoms with Crippen molar-refractivity contribution in [3.8, 4) is 17.7 Å². The number of carbonyl (C=O) groups excluding carboxylic acids is 1. The second-order valence-corrected chi connectivity index (χ2v) is 5.15. The molecule has 0 unspecified atom stereocenters. The van der Waals surface area contributed by atoms with Gasteiger partial charge in [0.15, 0.2) is 0 Å². The summed E-state index contributed by atoms with van der Waals surface area (Å²) >= 11 is 0. The summed E-state index contributed by atoms with van der Waals surface area (Å²) < 4.78 is 5.49. The van der Waals surface area contributed by atoms with Crippen molar-refractivity contribution in [3.63, 3.8) is 0 Å². The molecule has 0 spiro atoms. The lowest BCUT2D eigenvalue weighted by Crippen LogP contribution is -2.22. The van der Waals surface area contributed by atoms with E-state index in [2.05, 4.69) is 4.98 Å². The zero-order valence-corrected chi connectivity index (χ0v) is 13.5. The lowest BCUT2D eigenvalue weighted by molar-refractivity contribution is -0.385. The monoisotopic (exact) mass is 338 g/mol. The molecule has 0 saturated carbocycles. The fraction of sp³-hybridized carbons (Fsp3) is 0.118. The first kappa shape index (κ1) is 17.6. The van der Waals surface area contributed by atoms with Crippen molar-refractivity contribution >= 4 is 17.7 Å². The molecule has 25 heavy (non-hydrogen) atoms. The van der Waals surface area contributed by atoms with Crippen LogP contribution in [0.15, 0.2) is 48.2 Å². The Morgan fingerprint density at radius 2 is 1.96 bits per heavy atom. The Morgan fingerprint density at radius 3 is 2.44 bits per heavy atom. The van der Waals surface area contributed by atoms with Crippen LogP contribution in [0.25, 0.3) is 6.08 Å². The average molecular weight is 338 g/mol. The maximum atomic E-state index is 11.8. The lowest BCUT2D eigenvalue weighted by atomic mass is 10.1. The summed E-state index contributed by atoms with van der Waals surface area (Å²) in [5, 5.41) is 19.7. The van der Waals surface area contributed by atoms with Crippen LogP contribution in [0, 0.1) is 21.4 Å². The Morgan fingerprint density at radius 1 is 1.28 bits per heavy atom. The Hall–Kier alpha value is -3.73. The number of hydrogen-bond donors (Lipinski definition) is 0. The number of ether oxygens (including phenoxy) is 1. The molecule has 1 amide bonds. The molecule has 2 rings (SSSR count). The quantitative estimate of drug-likeness (QED) is 0.359. The van der Waals surface area contributed by atoms with Gasteiger partial charge in [-0.15, -0.1) is 0 Å². The Kier molecular flexibility index (Phi) is 5.43. The molecule has 0 aliphatic carbocycles. The summed E-state index contributed by atoms with van der Waals surface area (Å²) in [5.41, 5.74) is 0.564. The van der Waals surface area contributed by atoms with Gasteiger partial charge in [-0.1, -0.05) is 12.1 Å². The second-order valence-electron chi connectivity index (χ2n) is 5.15. The van der Waals surface area contributed by atoms with Gasteiger partial charge >= 0.3 is 0 Å². The molecule has 0 N–H and O–H groups in total. The minimum absolute atomic E-state index is 0.0238. The van der Waals surface area contributed by atoms with Gasteiger partial charge in [-0.3, -0.25) is 14.9 Å². The first-order valence-electron chi connectivity index (χ1n) is 7.12. The molecular formula is C17H14N4O4. The number of nitrogens with zero attached hydrogens (tertiary/aromatic N) is 4. The van der Waals surface area contributed by atoms with Gasteiger partial charge in [-0.25, -0.2) is 4.98 Å². The van der Waals surface area contributed by atoms with E-state index in [0.717, 1.165) is 6.20 Å². The number of nitro groups is 1. The van der Waals surface area contributed by atoms with Gasteiger partial charge in [0.25, 0.3) is 11.6 Å². The molecule has 1 aromatic carbocycles. The van der Waals surface area contributed by atoms with Crippen LogP contribution in [0.5, 0.6) is 11.6 Å². The Balaban J connectivity index is 2.13. The molecule has 0 bridgehead atoms. The first-order chi connectivity index (χ1) is 11.9. The summed E-state index contributed by atoms with van der Waals surface area (Å²) in [7, 11) is 3.14. The third kappa shape index (κ3) is 4.62. The number of rotatable bonds is 5. The third-order valence-electron chi connectivity index (χ3n) is 3.10. The third-order valence-corrected chi connectivity index (χ3v) is 3.10. The van der Waals surface area contributed by atoms with E-state index in [-0.39, 0.29) is 23.0 Å². The molecule has 0 aliphatic heterocycles. The molecule has 1 aromatic heterocycles. The van der Waals surface area contributed by atoms with E-state index >= 15 is 0 Å². The van der Waals surface area contributed by atoms with Crippen LogP contribution in [-0.2, 0) is 4.79 Å². The van der Waals surface area contributed by atoms with Gasteiger partial charge in [0.1, 0.15) is 23.6 Å². The number of hydrogen-bond acceptors (Lipinski definition) is 6. The van der Waals surface area contributed by atoms with Gasteiger partial charge in [0.2, 0.25) is 5.88 Å². The SMILES string of the molecule is CN(C)C(=O)/C(C#N)=C/c1ccc(Oc2ccc([N+](=O)[O-])cn2)cc1. The number of carbonyl (C=O) groups is 1. The maximum absolute atomic E-state index is 11.8. The van der Waals surface area contributed by atoms with Crippen LogP contribution in [-0.4, -0.2) is 34.8 Å². The number of benzene rings is 1. The normalized spacial score (nSPS) is 10.7. The van der Waals surface area contributed by atoms with E-state index in [1.165, 1.54) is 23.1 Å². The number of nitriles is 1. The second kappa shape index (κ2) is 7.70. The predicted octanol–water partition coefficient (Wildman–Crippen LogP) is 2.78. The minimum atomic E-state index is -0.542. The van der Waals surface area contributed by atoms with Gasteiger partial charge < -0.3 is 9.64 Å². The summed E-state index contributed by atoms with van der Waals surface area (Å²) in [4.78, 5) is 27.0. The highest BCUT2D eigenvalue weighted by molar-refractivity contribution is 6.01. The standard InChI is InChI=1S/C17H14N4O4/c1-20(2)17(22)13(10-18)9-12-3-6-15(7-4-12)25-16-8-5-14(11-19-16)21(23)24/h3-9,11H,1-2H3/b13-9+. The van der Waals surface area contributed by atoms with E-state index < -0.39 is 4.92 Å². The summed E-state index contributed by atoms with van der Waals surface area (Å²) in [6.45, 7) is 0. The maximum Gasteiger partial charge on any atom is 0.287 e. The number of pyridine rings is 1. The van der Waals surface area contributed by atoms with Gasteiger partial charge in [-0.05, 0) is 23.8 Å². The predicted molar refractivity (Wildman–Crippen MR) is 89.7 cm³/mol. The van der Waals surface area contributed by atoms with Crippen molar-refractivity contribution in [2.45, 2.75) is 0 Å². The van der Waals surface area contributed by atoms with Crippen molar-refractivity contribution in [2.24, 2.45) is 0 Å². The molecule has 0 atom stereocenters. The highest BCUT2D eigenvalue weighted by Gasteiger charge is 2.11. The topological polar surface area (TPSA) is 109 Å². The fourth-order valence-electron chi connectivity index (χ4n) is 1.84. The minimum Gasteiger partial charge on any atom is -0.439 e. The van der Waals surface area contributed by atoms with E-state index in [0.29, 0.717) is 11.3 Å². The summed E-state index contributed by atoms with van der Waals surface area (Å²) in [6, 6.07) is 11.2. The largest absolute Gasteiger partial charge is 0.439 e. The van der Waals surface area contributed by atoms with E-state index in [9.17, 15) is 14.9 Å². The van der Waals surface area contributed by atoms with E-state index in [1.54, 1.807) is 38.4 Å². The van der Waals surface area contributed by atoms with Gasteiger partial charge in [0.05, 0.1) is 4.92 Å². The van der Waals surface area contributed by atoms with Crippen LogP contribution < -0.4 is 4.74 Å². The molecule has 0 fully saturated rings.